The molecule has 2 heterocycles. The molecule has 0 aromatic carbocycles. The number of carbonyl (C=O) groups excluding carboxylic acids is 2. The molecule has 0 spiro atoms. The Balaban J connectivity index is 2.12. The third kappa shape index (κ3) is 4.59. The molecule has 2 rings (SSSR count). The smallest absolute Gasteiger partial charge is 0.287 e. The van der Waals surface area contributed by atoms with Gasteiger partial charge in [-0.1, -0.05) is 6.92 Å². The van der Waals surface area contributed by atoms with E-state index in [2.05, 4.69) is 5.10 Å². The van der Waals surface area contributed by atoms with Crippen molar-refractivity contribution < 1.29 is 18.0 Å². The molecule has 0 saturated carbocycles. The van der Waals surface area contributed by atoms with Crippen molar-refractivity contribution >= 4 is 21.8 Å². The van der Waals surface area contributed by atoms with Crippen molar-refractivity contribution in [2.45, 2.75) is 39.5 Å². The Labute approximate surface area is 148 Å². The summed E-state index contributed by atoms with van der Waals surface area (Å²) in [6, 6.07) is 1.58. The molecular formula is C16H26N4O4S. The lowest BCUT2D eigenvalue weighted by molar-refractivity contribution is -0.127. The summed E-state index contributed by atoms with van der Waals surface area (Å²) in [7, 11) is -2.00. The molecule has 1 saturated heterocycles. The van der Waals surface area contributed by atoms with E-state index in [0.717, 1.165) is 16.4 Å². The zero-order valence-corrected chi connectivity index (χ0v) is 15.9. The minimum absolute atomic E-state index is 0.0561. The molecule has 25 heavy (non-hydrogen) atoms. The number of hydrogen-bond acceptors (Lipinski definition) is 5. The first-order valence-electron chi connectivity index (χ1n) is 8.59. The highest BCUT2D eigenvalue weighted by molar-refractivity contribution is 7.89. The van der Waals surface area contributed by atoms with Crippen molar-refractivity contribution in [1.82, 2.24) is 19.0 Å². The maximum Gasteiger partial charge on any atom is 0.287 e. The topological polar surface area (TPSA) is 92.6 Å². The van der Waals surface area contributed by atoms with Gasteiger partial charge in [-0.15, -0.1) is 0 Å². The predicted molar refractivity (Wildman–Crippen MR) is 93.5 cm³/mol. The predicted octanol–water partition coefficient (Wildman–Crippen LogP) is 0.923. The summed E-state index contributed by atoms with van der Waals surface area (Å²) < 4.78 is 27.5. The lowest BCUT2D eigenvalue weighted by Gasteiger charge is -2.23. The van der Waals surface area contributed by atoms with Crippen molar-refractivity contribution in [3.05, 3.63) is 17.5 Å². The molecule has 1 aliphatic heterocycles. The summed E-state index contributed by atoms with van der Waals surface area (Å²) in [6.07, 6.45) is 2.23. The number of nitrogens with zero attached hydrogens (tertiary/aromatic N) is 4. The number of carbonyl (C=O) groups is 2. The molecule has 1 aromatic heterocycles. The Morgan fingerprint density at radius 3 is 2.64 bits per heavy atom. The third-order valence-electron chi connectivity index (χ3n) is 4.32. The first kappa shape index (κ1) is 19.4. The van der Waals surface area contributed by atoms with Crippen LogP contribution in [0.15, 0.2) is 6.07 Å². The third-order valence-corrected chi connectivity index (χ3v) is 6.26. The second-order valence-corrected chi connectivity index (χ2v) is 8.34. The number of aromatic nitrogens is 2. The van der Waals surface area contributed by atoms with Gasteiger partial charge < -0.3 is 4.90 Å². The maximum atomic E-state index is 12.7. The monoisotopic (exact) mass is 370 g/mol. The lowest BCUT2D eigenvalue weighted by atomic mass is 10.3. The molecular weight excluding hydrogens is 344 g/mol. The van der Waals surface area contributed by atoms with Gasteiger partial charge in [-0.2, -0.15) is 5.10 Å². The van der Waals surface area contributed by atoms with E-state index in [1.54, 1.807) is 36.5 Å². The second-order valence-electron chi connectivity index (χ2n) is 6.33. The van der Waals surface area contributed by atoms with Crippen molar-refractivity contribution in [2.24, 2.45) is 7.05 Å². The number of aryl methyl sites for hydroxylation is 2. The normalized spacial score (nSPS) is 15.0. The van der Waals surface area contributed by atoms with E-state index in [1.165, 1.54) is 0 Å². The molecule has 1 fully saturated rings. The second kappa shape index (κ2) is 7.99. The van der Waals surface area contributed by atoms with Gasteiger partial charge in [0.1, 0.15) is 0 Å². The lowest BCUT2D eigenvalue weighted by Crippen LogP contribution is -2.40. The SMILES string of the molecule is CCCS(=O)(=O)N(CCCN1CCCC1=O)C(=O)c1cc(C)n(C)n1. The highest BCUT2D eigenvalue weighted by Gasteiger charge is 2.30. The fraction of sp³-hybridized carbons (Fsp3) is 0.688. The van der Waals surface area contributed by atoms with Crippen LogP contribution in [0.1, 0.15) is 48.8 Å². The van der Waals surface area contributed by atoms with Gasteiger partial charge in [0.2, 0.25) is 15.9 Å². The molecule has 140 valence electrons. The average Bonchev–Trinajstić information content (AvgIpc) is 3.09. The highest BCUT2D eigenvalue weighted by atomic mass is 32.2. The Hall–Kier alpha value is -1.90. The van der Waals surface area contributed by atoms with Crippen LogP contribution < -0.4 is 0 Å². The Morgan fingerprint density at radius 1 is 1.40 bits per heavy atom. The van der Waals surface area contributed by atoms with E-state index in [4.69, 9.17) is 0 Å². The molecule has 0 bridgehead atoms. The summed E-state index contributed by atoms with van der Waals surface area (Å²) >= 11 is 0. The van der Waals surface area contributed by atoms with Gasteiger partial charge in [0, 0.05) is 38.8 Å². The Kier molecular flexibility index (Phi) is 6.21. The van der Waals surface area contributed by atoms with Crippen LogP contribution in [-0.2, 0) is 21.9 Å². The number of amides is 2. The van der Waals surface area contributed by atoms with E-state index < -0.39 is 15.9 Å². The van der Waals surface area contributed by atoms with Crippen LogP contribution >= 0.6 is 0 Å². The molecule has 8 nitrogen and oxygen atoms in total. The molecule has 2 amide bonds. The number of sulfonamides is 1. The quantitative estimate of drug-likeness (QED) is 0.678. The number of likely N-dealkylation sites (tertiary alicyclic amines) is 1. The van der Waals surface area contributed by atoms with Crippen molar-refractivity contribution in [3.8, 4) is 0 Å². The van der Waals surface area contributed by atoms with Gasteiger partial charge in [-0.3, -0.25) is 14.3 Å². The summed E-state index contributed by atoms with van der Waals surface area (Å²) in [5.74, 6) is -0.604. The van der Waals surface area contributed by atoms with Gasteiger partial charge in [-0.25, -0.2) is 12.7 Å². The van der Waals surface area contributed by atoms with Crippen LogP contribution in [0.2, 0.25) is 0 Å². The summed E-state index contributed by atoms with van der Waals surface area (Å²) in [4.78, 5) is 26.1. The molecule has 1 aliphatic rings. The standard InChI is InChI=1S/C16H26N4O4S/c1-4-11-25(23,24)20(10-6-9-19-8-5-7-15(19)21)16(22)14-12-13(2)18(3)17-14/h12H,4-11H2,1-3H3. The van der Waals surface area contributed by atoms with Crippen LogP contribution in [0.3, 0.4) is 0 Å². The average molecular weight is 370 g/mol. The zero-order valence-electron chi connectivity index (χ0n) is 15.1. The first-order valence-corrected chi connectivity index (χ1v) is 10.2. The molecule has 0 aliphatic carbocycles. The van der Waals surface area contributed by atoms with E-state index in [-0.39, 0.29) is 23.9 Å². The number of hydrogen-bond donors (Lipinski definition) is 0. The van der Waals surface area contributed by atoms with E-state index in [9.17, 15) is 18.0 Å². The maximum absolute atomic E-state index is 12.7. The van der Waals surface area contributed by atoms with Gasteiger partial charge in [-0.05, 0) is 32.3 Å². The summed E-state index contributed by atoms with van der Waals surface area (Å²) in [5.41, 5.74) is 0.899. The molecule has 0 atom stereocenters. The van der Waals surface area contributed by atoms with E-state index in [1.807, 2.05) is 0 Å². The molecule has 0 N–H and O–H groups in total. The van der Waals surface area contributed by atoms with Crippen LogP contribution in [0.5, 0.6) is 0 Å². The molecule has 1 aromatic rings. The van der Waals surface area contributed by atoms with E-state index >= 15 is 0 Å². The van der Waals surface area contributed by atoms with Gasteiger partial charge in [0.25, 0.3) is 5.91 Å². The fourth-order valence-electron chi connectivity index (χ4n) is 2.87. The largest absolute Gasteiger partial charge is 0.343 e. The first-order chi connectivity index (χ1) is 11.8. The van der Waals surface area contributed by atoms with E-state index in [0.29, 0.717) is 32.4 Å². The number of rotatable bonds is 8. The summed E-state index contributed by atoms with van der Waals surface area (Å²) in [5, 5.41) is 4.10. The van der Waals surface area contributed by atoms with Crippen LogP contribution in [0.25, 0.3) is 0 Å². The van der Waals surface area contributed by atoms with Gasteiger partial charge >= 0.3 is 0 Å². The summed E-state index contributed by atoms with van der Waals surface area (Å²) in [6.45, 7) is 4.78. The Bertz CT molecular complexity index is 722. The van der Waals surface area contributed by atoms with Gasteiger partial charge in [0.15, 0.2) is 5.69 Å². The highest BCUT2D eigenvalue weighted by Crippen LogP contribution is 2.14. The van der Waals surface area contributed by atoms with Crippen LogP contribution in [-0.4, -0.2) is 64.6 Å². The van der Waals surface area contributed by atoms with Crippen LogP contribution in [0.4, 0.5) is 0 Å². The van der Waals surface area contributed by atoms with Crippen molar-refractivity contribution in [1.29, 1.82) is 0 Å². The van der Waals surface area contributed by atoms with Crippen molar-refractivity contribution in [2.75, 3.05) is 25.4 Å². The molecule has 0 radical (unpaired) electrons. The molecule has 9 heteroatoms. The Morgan fingerprint density at radius 2 is 2.12 bits per heavy atom. The molecule has 0 unspecified atom stereocenters. The van der Waals surface area contributed by atoms with Crippen LogP contribution in [0, 0.1) is 6.92 Å². The minimum atomic E-state index is -3.70. The van der Waals surface area contributed by atoms with Crippen molar-refractivity contribution in [3.63, 3.8) is 0 Å². The van der Waals surface area contributed by atoms with Gasteiger partial charge in [0.05, 0.1) is 5.75 Å². The fourth-order valence-corrected chi connectivity index (χ4v) is 4.36. The minimum Gasteiger partial charge on any atom is -0.343 e. The zero-order chi connectivity index (χ0) is 18.6.